The molecule has 0 saturated carbocycles. The van der Waals surface area contributed by atoms with Gasteiger partial charge >= 0.3 is 0 Å². The maximum atomic E-state index is 12.4. The number of carbonyl (C=O) groups is 2. The molecule has 1 aliphatic heterocycles. The van der Waals surface area contributed by atoms with E-state index in [0.29, 0.717) is 5.92 Å². The standard InChI is InChI=1S/C15H28N2O2/c1-7-10(4)8-11(5)17-13(9(2)3)14(18)16-12(6)15(17)19/h9-13H,7-8H2,1-6H3,(H,16,18). The van der Waals surface area contributed by atoms with Crippen LogP contribution in [0.1, 0.15) is 54.4 Å². The lowest BCUT2D eigenvalue weighted by Gasteiger charge is -2.44. The zero-order chi connectivity index (χ0) is 14.7. The van der Waals surface area contributed by atoms with E-state index in [1.165, 1.54) is 0 Å². The number of rotatable bonds is 5. The van der Waals surface area contributed by atoms with Crippen molar-refractivity contribution in [3.63, 3.8) is 0 Å². The zero-order valence-corrected chi connectivity index (χ0v) is 13.1. The van der Waals surface area contributed by atoms with E-state index < -0.39 is 6.04 Å². The number of hydrogen-bond donors (Lipinski definition) is 1. The second-order valence-corrected chi connectivity index (χ2v) is 6.26. The van der Waals surface area contributed by atoms with Crippen LogP contribution in [0.15, 0.2) is 0 Å². The Morgan fingerprint density at radius 2 is 1.79 bits per heavy atom. The van der Waals surface area contributed by atoms with Crippen molar-refractivity contribution in [1.82, 2.24) is 10.2 Å². The molecule has 0 spiro atoms. The summed E-state index contributed by atoms with van der Waals surface area (Å²) < 4.78 is 0. The molecule has 0 aliphatic carbocycles. The first-order valence-electron chi connectivity index (χ1n) is 7.42. The minimum atomic E-state index is -0.401. The quantitative estimate of drug-likeness (QED) is 0.831. The van der Waals surface area contributed by atoms with Crippen LogP contribution in [-0.4, -0.2) is 34.8 Å². The molecule has 1 N–H and O–H groups in total. The molecular weight excluding hydrogens is 240 g/mol. The summed E-state index contributed by atoms with van der Waals surface area (Å²) >= 11 is 0. The normalized spacial score (nSPS) is 27.4. The first kappa shape index (κ1) is 16.0. The molecule has 0 bridgehead atoms. The Morgan fingerprint density at radius 1 is 1.21 bits per heavy atom. The molecule has 1 rings (SSSR count). The number of hydrogen-bond acceptors (Lipinski definition) is 2. The van der Waals surface area contributed by atoms with Gasteiger partial charge in [0.2, 0.25) is 11.8 Å². The van der Waals surface area contributed by atoms with Crippen LogP contribution >= 0.6 is 0 Å². The fourth-order valence-corrected chi connectivity index (χ4v) is 2.83. The van der Waals surface area contributed by atoms with Gasteiger partial charge < -0.3 is 10.2 Å². The second-order valence-electron chi connectivity index (χ2n) is 6.26. The molecule has 4 heteroatoms. The van der Waals surface area contributed by atoms with Crippen molar-refractivity contribution in [3.8, 4) is 0 Å². The van der Waals surface area contributed by atoms with Gasteiger partial charge in [-0.2, -0.15) is 0 Å². The summed E-state index contributed by atoms with van der Waals surface area (Å²) in [6, 6.07) is -0.618. The number of nitrogens with zero attached hydrogens (tertiary/aromatic N) is 1. The van der Waals surface area contributed by atoms with Gasteiger partial charge in [-0.15, -0.1) is 0 Å². The van der Waals surface area contributed by atoms with Gasteiger partial charge in [-0.3, -0.25) is 9.59 Å². The molecule has 1 aliphatic rings. The monoisotopic (exact) mass is 268 g/mol. The molecule has 4 nitrogen and oxygen atoms in total. The van der Waals surface area contributed by atoms with E-state index >= 15 is 0 Å². The van der Waals surface area contributed by atoms with Crippen LogP contribution in [0.3, 0.4) is 0 Å². The highest BCUT2D eigenvalue weighted by molar-refractivity contribution is 5.97. The molecule has 4 unspecified atom stereocenters. The van der Waals surface area contributed by atoms with E-state index in [1.54, 1.807) is 6.92 Å². The molecule has 1 fully saturated rings. The molecule has 2 amide bonds. The maximum absolute atomic E-state index is 12.4. The molecule has 1 heterocycles. The third-order valence-corrected chi connectivity index (χ3v) is 4.10. The van der Waals surface area contributed by atoms with Gasteiger partial charge in [0, 0.05) is 6.04 Å². The minimum absolute atomic E-state index is 0.0156. The molecular formula is C15H28N2O2. The molecule has 19 heavy (non-hydrogen) atoms. The summed E-state index contributed by atoms with van der Waals surface area (Å²) in [5.74, 6) is 0.735. The van der Waals surface area contributed by atoms with E-state index in [-0.39, 0.29) is 29.8 Å². The van der Waals surface area contributed by atoms with Gasteiger partial charge in [0.1, 0.15) is 12.1 Å². The second kappa shape index (κ2) is 6.40. The fourth-order valence-electron chi connectivity index (χ4n) is 2.83. The molecule has 0 aromatic heterocycles. The molecule has 4 atom stereocenters. The van der Waals surface area contributed by atoms with Crippen LogP contribution in [0.25, 0.3) is 0 Å². The summed E-state index contributed by atoms with van der Waals surface area (Å²) in [4.78, 5) is 26.4. The lowest BCUT2D eigenvalue weighted by molar-refractivity contribution is -0.153. The fraction of sp³-hybridized carbons (Fsp3) is 0.867. The number of piperazine rings is 1. The third-order valence-electron chi connectivity index (χ3n) is 4.10. The molecule has 0 aromatic rings. The van der Waals surface area contributed by atoms with Crippen LogP contribution in [-0.2, 0) is 9.59 Å². The highest BCUT2D eigenvalue weighted by Crippen LogP contribution is 2.24. The van der Waals surface area contributed by atoms with Gasteiger partial charge in [-0.1, -0.05) is 34.1 Å². The van der Waals surface area contributed by atoms with Gasteiger partial charge in [-0.25, -0.2) is 0 Å². The Balaban J connectivity index is 2.94. The lowest BCUT2D eigenvalue weighted by Crippen LogP contribution is -2.66. The van der Waals surface area contributed by atoms with Crippen molar-refractivity contribution in [2.45, 2.75) is 72.5 Å². The molecule has 0 aromatic carbocycles. The Morgan fingerprint density at radius 3 is 2.26 bits per heavy atom. The Labute approximate surface area is 116 Å². The SMILES string of the molecule is CCC(C)CC(C)N1C(=O)C(C)NC(=O)C1C(C)C. The summed E-state index contributed by atoms with van der Waals surface area (Å²) in [6.07, 6.45) is 2.05. The maximum Gasteiger partial charge on any atom is 0.245 e. The largest absolute Gasteiger partial charge is 0.343 e. The van der Waals surface area contributed by atoms with Crippen molar-refractivity contribution in [3.05, 3.63) is 0 Å². The van der Waals surface area contributed by atoms with Gasteiger partial charge in [0.05, 0.1) is 0 Å². The van der Waals surface area contributed by atoms with E-state index in [2.05, 4.69) is 26.1 Å². The van der Waals surface area contributed by atoms with Crippen molar-refractivity contribution in [2.24, 2.45) is 11.8 Å². The third kappa shape index (κ3) is 3.48. The van der Waals surface area contributed by atoms with Gasteiger partial charge in [0.15, 0.2) is 0 Å². The van der Waals surface area contributed by atoms with Crippen LogP contribution in [0.5, 0.6) is 0 Å². The van der Waals surface area contributed by atoms with E-state index in [0.717, 1.165) is 12.8 Å². The van der Waals surface area contributed by atoms with E-state index in [9.17, 15) is 9.59 Å². The Hall–Kier alpha value is -1.06. The highest BCUT2D eigenvalue weighted by atomic mass is 16.2. The van der Waals surface area contributed by atoms with Gasteiger partial charge in [-0.05, 0) is 32.1 Å². The molecule has 0 radical (unpaired) electrons. The average Bonchev–Trinajstić information content (AvgIpc) is 2.32. The number of amides is 2. The summed E-state index contributed by atoms with van der Waals surface area (Å²) in [5, 5.41) is 2.78. The highest BCUT2D eigenvalue weighted by Gasteiger charge is 2.42. The van der Waals surface area contributed by atoms with Crippen LogP contribution < -0.4 is 5.32 Å². The van der Waals surface area contributed by atoms with Gasteiger partial charge in [0.25, 0.3) is 0 Å². The van der Waals surface area contributed by atoms with Crippen LogP contribution in [0.2, 0.25) is 0 Å². The first-order chi connectivity index (χ1) is 8.79. The predicted molar refractivity (Wildman–Crippen MR) is 76.6 cm³/mol. The first-order valence-corrected chi connectivity index (χ1v) is 7.42. The Bertz CT molecular complexity index is 341. The summed E-state index contributed by atoms with van der Waals surface area (Å²) in [6.45, 7) is 12.2. The molecule has 110 valence electrons. The minimum Gasteiger partial charge on any atom is -0.343 e. The topological polar surface area (TPSA) is 49.4 Å². The Kier molecular flexibility index (Phi) is 5.39. The van der Waals surface area contributed by atoms with Crippen molar-refractivity contribution in [1.29, 1.82) is 0 Å². The molecule has 1 saturated heterocycles. The van der Waals surface area contributed by atoms with Crippen molar-refractivity contribution < 1.29 is 9.59 Å². The summed E-state index contributed by atoms with van der Waals surface area (Å²) in [5.41, 5.74) is 0. The van der Waals surface area contributed by atoms with Crippen molar-refractivity contribution >= 4 is 11.8 Å². The van der Waals surface area contributed by atoms with E-state index in [4.69, 9.17) is 0 Å². The lowest BCUT2D eigenvalue weighted by atomic mass is 9.92. The van der Waals surface area contributed by atoms with E-state index in [1.807, 2.05) is 18.7 Å². The van der Waals surface area contributed by atoms with Crippen molar-refractivity contribution in [2.75, 3.05) is 0 Å². The smallest absolute Gasteiger partial charge is 0.245 e. The predicted octanol–water partition coefficient (Wildman–Crippen LogP) is 2.18. The number of nitrogens with one attached hydrogen (secondary N) is 1. The van der Waals surface area contributed by atoms with Crippen LogP contribution in [0, 0.1) is 11.8 Å². The van der Waals surface area contributed by atoms with Crippen LogP contribution in [0.4, 0.5) is 0 Å². The number of carbonyl (C=O) groups excluding carboxylic acids is 2. The zero-order valence-electron chi connectivity index (χ0n) is 13.1. The average molecular weight is 268 g/mol. The summed E-state index contributed by atoms with van der Waals surface area (Å²) in [7, 11) is 0.